The Bertz CT molecular complexity index is 596. The molecule has 17 heavy (non-hydrogen) atoms. The van der Waals surface area contributed by atoms with Gasteiger partial charge in [-0.2, -0.15) is 0 Å². The summed E-state index contributed by atoms with van der Waals surface area (Å²) in [4.78, 5) is 3.21. The first kappa shape index (κ1) is 11.6. The monoisotopic (exact) mass is 226 g/mol. The summed E-state index contributed by atoms with van der Waals surface area (Å²) in [5.41, 5.74) is 9.98. The molecule has 1 aromatic carbocycles. The Labute approximate surface area is 102 Å². The standard InChI is InChI=1S/C15H18N2/c1-4-10(2)5-7-12-9-17-15-13(16)8-6-11(3)14(12)15/h6,8-10,17H,4,16H2,1-3H3. The minimum Gasteiger partial charge on any atom is -0.397 e. The summed E-state index contributed by atoms with van der Waals surface area (Å²) >= 11 is 0. The Kier molecular flexibility index (Phi) is 3.10. The molecule has 0 aliphatic carbocycles. The van der Waals surface area contributed by atoms with Gasteiger partial charge in [0.15, 0.2) is 0 Å². The number of nitrogens with one attached hydrogen (secondary N) is 1. The summed E-state index contributed by atoms with van der Waals surface area (Å²) in [6, 6.07) is 3.97. The second-order valence-corrected chi connectivity index (χ2v) is 4.50. The quantitative estimate of drug-likeness (QED) is 0.567. The van der Waals surface area contributed by atoms with E-state index >= 15 is 0 Å². The topological polar surface area (TPSA) is 41.8 Å². The average molecular weight is 226 g/mol. The molecule has 0 aliphatic rings. The predicted molar refractivity (Wildman–Crippen MR) is 73.8 cm³/mol. The number of nitrogens with two attached hydrogens (primary N) is 1. The van der Waals surface area contributed by atoms with Crippen molar-refractivity contribution >= 4 is 16.6 Å². The van der Waals surface area contributed by atoms with Crippen LogP contribution in [0.2, 0.25) is 0 Å². The number of nitrogen functional groups attached to an aromatic ring is 1. The van der Waals surface area contributed by atoms with Crippen LogP contribution in [0.4, 0.5) is 5.69 Å². The Morgan fingerprint density at radius 1 is 1.41 bits per heavy atom. The molecule has 1 aromatic heterocycles. The Morgan fingerprint density at radius 2 is 2.18 bits per heavy atom. The lowest BCUT2D eigenvalue weighted by Crippen LogP contribution is -1.88. The third kappa shape index (κ3) is 2.14. The van der Waals surface area contributed by atoms with Crippen molar-refractivity contribution in [2.45, 2.75) is 27.2 Å². The number of anilines is 1. The van der Waals surface area contributed by atoms with Crippen LogP contribution in [-0.4, -0.2) is 4.98 Å². The van der Waals surface area contributed by atoms with Gasteiger partial charge in [-0.3, -0.25) is 0 Å². The molecule has 0 fully saturated rings. The van der Waals surface area contributed by atoms with E-state index in [1.165, 1.54) is 5.56 Å². The van der Waals surface area contributed by atoms with E-state index in [2.05, 4.69) is 37.6 Å². The van der Waals surface area contributed by atoms with Crippen molar-refractivity contribution in [3.05, 3.63) is 29.5 Å². The smallest absolute Gasteiger partial charge is 0.0703 e. The third-order valence-corrected chi connectivity index (χ3v) is 3.14. The van der Waals surface area contributed by atoms with Crippen LogP contribution in [0, 0.1) is 24.7 Å². The van der Waals surface area contributed by atoms with Gasteiger partial charge in [0.2, 0.25) is 0 Å². The zero-order valence-corrected chi connectivity index (χ0v) is 10.6. The normalized spacial score (nSPS) is 12.2. The molecule has 2 aromatic rings. The lowest BCUT2D eigenvalue weighted by Gasteiger charge is -2.00. The highest BCUT2D eigenvalue weighted by atomic mass is 14.7. The lowest BCUT2D eigenvalue weighted by atomic mass is 10.1. The van der Waals surface area contributed by atoms with Crippen molar-refractivity contribution in [1.82, 2.24) is 4.98 Å². The van der Waals surface area contributed by atoms with Crippen molar-refractivity contribution in [3.8, 4) is 11.8 Å². The van der Waals surface area contributed by atoms with Crippen LogP contribution in [0.1, 0.15) is 31.4 Å². The highest BCUT2D eigenvalue weighted by Gasteiger charge is 2.07. The van der Waals surface area contributed by atoms with Gasteiger partial charge in [-0.15, -0.1) is 0 Å². The molecule has 0 radical (unpaired) electrons. The van der Waals surface area contributed by atoms with Gasteiger partial charge in [0, 0.05) is 17.5 Å². The predicted octanol–water partition coefficient (Wildman–Crippen LogP) is 3.46. The van der Waals surface area contributed by atoms with Gasteiger partial charge in [0.05, 0.1) is 16.8 Å². The van der Waals surface area contributed by atoms with Crippen molar-refractivity contribution in [2.24, 2.45) is 5.92 Å². The van der Waals surface area contributed by atoms with Gasteiger partial charge in [0.25, 0.3) is 0 Å². The molecule has 2 nitrogen and oxygen atoms in total. The Balaban J connectivity index is 2.55. The molecule has 0 aliphatic heterocycles. The molecular formula is C15H18N2. The molecule has 3 N–H and O–H groups in total. The second-order valence-electron chi connectivity index (χ2n) is 4.50. The zero-order valence-electron chi connectivity index (χ0n) is 10.6. The van der Waals surface area contributed by atoms with Crippen molar-refractivity contribution < 1.29 is 0 Å². The third-order valence-electron chi connectivity index (χ3n) is 3.14. The molecule has 1 heterocycles. The van der Waals surface area contributed by atoms with Gasteiger partial charge in [-0.05, 0) is 25.0 Å². The van der Waals surface area contributed by atoms with E-state index in [0.717, 1.165) is 28.6 Å². The van der Waals surface area contributed by atoms with Gasteiger partial charge in [0.1, 0.15) is 0 Å². The van der Waals surface area contributed by atoms with Crippen LogP contribution in [0.25, 0.3) is 10.9 Å². The SMILES string of the molecule is CCC(C)C#Cc1c[nH]c2c(N)ccc(C)c12. The summed E-state index contributed by atoms with van der Waals surface area (Å²) in [6.07, 6.45) is 3.03. The largest absolute Gasteiger partial charge is 0.397 e. The Hall–Kier alpha value is -1.88. The molecule has 0 saturated heterocycles. The van der Waals surface area contributed by atoms with Crippen LogP contribution >= 0.6 is 0 Å². The molecule has 2 rings (SSSR count). The highest BCUT2D eigenvalue weighted by Crippen LogP contribution is 2.26. The van der Waals surface area contributed by atoms with E-state index in [1.54, 1.807) is 0 Å². The minimum atomic E-state index is 0.432. The van der Waals surface area contributed by atoms with E-state index in [9.17, 15) is 0 Å². The van der Waals surface area contributed by atoms with Gasteiger partial charge >= 0.3 is 0 Å². The van der Waals surface area contributed by atoms with Crippen LogP contribution < -0.4 is 5.73 Å². The molecule has 0 saturated carbocycles. The Morgan fingerprint density at radius 3 is 2.88 bits per heavy atom. The molecule has 1 atom stereocenters. The van der Waals surface area contributed by atoms with Gasteiger partial charge in [-0.1, -0.05) is 31.8 Å². The van der Waals surface area contributed by atoms with E-state index in [0.29, 0.717) is 5.92 Å². The van der Waals surface area contributed by atoms with Crippen molar-refractivity contribution in [3.63, 3.8) is 0 Å². The molecular weight excluding hydrogens is 208 g/mol. The number of aromatic nitrogens is 1. The van der Waals surface area contributed by atoms with E-state index in [1.807, 2.05) is 18.3 Å². The highest BCUT2D eigenvalue weighted by molar-refractivity contribution is 5.96. The van der Waals surface area contributed by atoms with E-state index in [4.69, 9.17) is 5.73 Å². The average Bonchev–Trinajstić information content (AvgIpc) is 2.76. The van der Waals surface area contributed by atoms with Crippen LogP contribution in [0.5, 0.6) is 0 Å². The number of hydrogen-bond donors (Lipinski definition) is 2. The first-order valence-corrected chi connectivity index (χ1v) is 6.01. The number of aryl methyl sites for hydroxylation is 1. The number of rotatable bonds is 1. The summed E-state index contributed by atoms with van der Waals surface area (Å²) in [7, 11) is 0. The molecule has 0 spiro atoms. The second kappa shape index (κ2) is 4.55. The number of aromatic amines is 1. The fourth-order valence-electron chi connectivity index (χ4n) is 1.84. The number of H-pyrrole nitrogens is 1. The molecule has 0 amide bonds. The summed E-state index contributed by atoms with van der Waals surface area (Å²) in [5, 5.41) is 1.15. The van der Waals surface area contributed by atoms with E-state index in [-0.39, 0.29) is 0 Å². The van der Waals surface area contributed by atoms with Gasteiger partial charge < -0.3 is 10.7 Å². The van der Waals surface area contributed by atoms with Crippen LogP contribution in [0.15, 0.2) is 18.3 Å². The maximum atomic E-state index is 5.94. The number of hydrogen-bond acceptors (Lipinski definition) is 1. The van der Waals surface area contributed by atoms with E-state index < -0.39 is 0 Å². The number of benzene rings is 1. The van der Waals surface area contributed by atoms with Crippen molar-refractivity contribution in [2.75, 3.05) is 5.73 Å². The summed E-state index contributed by atoms with van der Waals surface area (Å²) in [6.45, 7) is 6.38. The number of fused-ring (bicyclic) bond motifs is 1. The first-order valence-electron chi connectivity index (χ1n) is 6.01. The zero-order chi connectivity index (χ0) is 12.4. The molecule has 88 valence electrons. The van der Waals surface area contributed by atoms with Gasteiger partial charge in [-0.25, -0.2) is 0 Å². The van der Waals surface area contributed by atoms with Crippen LogP contribution in [0.3, 0.4) is 0 Å². The summed E-state index contributed by atoms with van der Waals surface area (Å²) in [5.74, 6) is 6.94. The molecule has 1 unspecified atom stereocenters. The fourth-order valence-corrected chi connectivity index (χ4v) is 1.84. The summed E-state index contributed by atoms with van der Waals surface area (Å²) < 4.78 is 0. The van der Waals surface area contributed by atoms with Crippen LogP contribution in [-0.2, 0) is 0 Å². The fraction of sp³-hybridized carbons (Fsp3) is 0.333. The maximum absolute atomic E-state index is 5.94. The van der Waals surface area contributed by atoms with Crippen molar-refractivity contribution in [1.29, 1.82) is 0 Å². The maximum Gasteiger partial charge on any atom is 0.0703 e. The minimum absolute atomic E-state index is 0.432. The first-order chi connectivity index (χ1) is 8.13. The lowest BCUT2D eigenvalue weighted by molar-refractivity contribution is 0.723. The molecule has 2 heteroatoms. The molecule has 0 bridgehead atoms.